The highest BCUT2D eigenvalue weighted by Gasteiger charge is 2.31. The third kappa shape index (κ3) is 4.13. The van der Waals surface area contributed by atoms with Crippen LogP contribution >= 0.6 is 0 Å². The first-order chi connectivity index (χ1) is 10.1. The second-order valence-electron chi connectivity index (χ2n) is 6.78. The molecule has 3 heteroatoms. The van der Waals surface area contributed by atoms with Crippen molar-refractivity contribution in [2.24, 2.45) is 5.41 Å². The van der Waals surface area contributed by atoms with Crippen LogP contribution in [0.25, 0.3) is 0 Å². The molecular formula is C18H30N2O. The fourth-order valence-corrected chi connectivity index (χ4v) is 3.32. The van der Waals surface area contributed by atoms with Crippen molar-refractivity contribution in [2.75, 3.05) is 29.9 Å². The zero-order valence-corrected chi connectivity index (χ0v) is 13.7. The van der Waals surface area contributed by atoms with Crippen molar-refractivity contribution in [3.05, 3.63) is 24.3 Å². The number of benzene rings is 1. The molecule has 1 aromatic rings. The minimum atomic E-state index is 0.199. The van der Waals surface area contributed by atoms with Crippen molar-refractivity contribution in [3.8, 4) is 0 Å². The highest BCUT2D eigenvalue weighted by molar-refractivity contribution is 5.55. The second kappa shape index (κ2) is 7.17. The van der Waals surface area contributed by atoms with Gasteiger partial charge < -0.3 is 15.3 Å². The van der Waals surface area contributed by atoms with Crippen LogP contribution in [-0.2, 0) is 0 Å². The summed E-state index contributed by atoms with van der Waals surface area (Å²) in [6.45, 7) is 8.68. The Morgan fingerprint density at radius 1 is 1.24 bits per heavy atom. The number of aliphatic hydroxyl groups excluding tert-OH is 1. The first-order valence-electron chi connectivity index (χ1n) is 8.29. The Morgan fingerprint density at radius 2 is 1.95 bits per heavy atom. The summed E-state index contributed by atoms with van der Waals surface area (Å²) in [5.41, 5.74) is 2.77. The van der Waals surface area contributed by atoms with Crippen molar-refractivity contribution >= 4 is 11.4 Å². The van der Waals surface area contributed by atoms with Gasteiger partial charge in [-0.1, -0.05) is 26.7 Å². The molecule has 0 aromatic heterocycles. The Labute approximate surface area is 129 Å². The molecule has 0 spiro atoms. The summed E-state index contributed by atoms with van der Waals surface area (Å²) in [5.74, 6) is 0. The Balaban J connectivity index is 2.02. The largest absolute Gasteiger partial charge is 0.395 e. The smallest absolute Gasteiger partial charge is 0.0606 e. The van der Waals surface area contributed by atoms with Gasteiger partial charge in [-0.25, -0.2) is 0 Å². The van der Waals surface area contributed by atoms with E-state index >= 15 is 0 Å². The summed E-state index contributed by atoms with van der Waals surface area (Å²) in [5, 5.41) is 12.8. The van der Waals surface area contributed by atoms with Crippen LogP contribution in [0.2, 0.25) is 0 Å². The van der Waals surface area contributed by atoms with Gasteiger partial charge >= 0.3 is 0 Å². The number of hydrogen-bond donors (Lipinski definition) is 2. The maximum atomic E-state index is 9.10. The van der Waals surface area contributed by atoms with Gasteiger partial charge in [-0.3, -0.25) is 0 Å². The van der Waals surface area contributed by atoms with E-state index in [0.29, 0.717) is 18.0 Å². The van der Waals surface area contributed by atoms with E-state index in [1.54, 1.807) is 0 Å². The molecule has 1 fully saturated rings. The van der Waals surface area contributed by atoms with Crippen molar-refractivity contribution < 1.29 is 5.11 Å². The summed E-state index contributed by atoms with van der Waals surface area (Å²) in [6, 6.07) is 9.20. The molecule has 3 nitrogen and oxygen atoms in total. The average Bonchev–Trinajstić information content (AvgIpc) is 2.48. The highest BCUT2D eigenvalue weighted by Crippen LogP contribution is 2.37. The van der Waals surface area contributed by atoms with E-state index in [2.05, 4.69) is 55.3 Å². The van der Waals surface area contributed by atoms with Crippen LogP contribution in [0.5, 0.6) is 0 Å². The predicted octanol–water partition coefficient (Wildman–Crippen LogP) is 3.89. The molecule has 0 saturated heterocycles. The predicted molar refractivity (Wildman–Crippen MR) is 91.1 cm³/mol. The van der Waals surface area contributed by atoms with Crippen LogP contribution in [0.4, 0.5) is 11.4 Å². The summed E-state index contributed by atoms with van der Waals surface area (Å²) in [7, 11) is 0. The van der Waals surface area contributed by atoms with E-state index in [1.165, 1.54) is 37.1 Å². The Hall–Kier alpha value is -1.22. The van der Waals surface area contributed by atoms with E-state index in [4.69, 9.17) is 5.11 Å². The van der Waals surface area contributed by atoms with Gasteiger partial charge in [0.05, 0.1) is 6.61 Å². The second-order valence-corrected chi connectivity index (χ2v) is 6.78. The van der Waals surface area contributed by atoms with Crippen molar-refractivity contribution in [2.45, 2.75) is 52.5 Å². The fraction of sp³-hybridized carbons (Fsp3) is 0.667. The molecule has 1 aliphatic rings. The molecule has 0 radical (unpaired) electrons. The number of rotatable bonds is 6. The number of nitrogens with zero attached hydrogens (tertiary/aromatic N) is 1. The van der Waals surface area contributed by atoms with Crippen molar-refractivity contribution in [1.82, 2.24) is 0 Å². The molecule has 21 heavy (non-hydrogen) atoms. The Bertz CT molecular complexity index is 427. The van der Waals surface area contributed by atoms with Gasteiger partial charge in [-0.05, 0) is 49.4 Å². The first kappa shape index (κ1) is 16.2. The number of hydrogen-bond acceptors (Lipinski definition) is 3. The zero-order chi connectivity index (χ0) is 15.3. The maximum Gasteiger partial charge on any atom is 0.0606 e. The van der Waals surface area contributed by atoms with Crippen LogP contribution in [0, 0.1) is 5.41 Å². The molecule has 0 bridgehead atoms. The molecule has 1 atom stereocenters. The molecule has 0 aliphatic heterocycles. The Morgan fingerprint density at radius 3 is 2.52 bits per heavy atom. The molecule has 1 aromatic carbocycles. The minimum absolute atomic E-state index is 0.199. The van der Waals surface area contributed by atoms with Gasteiger partial charge in [-0.2, -0.15) is 0 Å². The highest BCUT2D eigenvalue weighted by atomic mass is 16.3. The quantitative estimate of drug-likeness (QED) is 0.834. The third-order valence-corrected chi connectivity index (χ3v) is 4.83. The lowest BCUT2D eigenvalue weighted by atomic mass is 9.73. The molecule has 1 saturated carbocycles. The van der Waals surface area contributed by atoms with E-state index in [1.807, 2.05) is 0 Å². The molecular weight excluding hydrogens is 260 g/mol. The lowest BCUT2D eigenvalue weighted by Crippen LogP contribution is -2.38. The minimum Gasteiger partial charge on any atom is -0.395 e. The first-order valence-corrected chi connectivity index (χ1v) is 8.29. The van der Waals surface area contributed by atoms with E-state index in [-0.39, 0.29) is 6.61 Å². The Kier molecular flexibility index (Phi) is 5.51. The van der Waals surface area contributed by atoms with Crippen LogP contribution in [0.15, 0.2) is 24.3 Å². The number of likely N-dealkylation sites (N-methyl/N-ethyl adjacent to an activating group) is 1. The lowest BCUT2D eigenvalue weighted by Gasteiger charge is -2.39. The summed E-state index contributed by atoms with van der Waals surface area (Å²) in [6.07, 6.45) is 5.26. The fourth-order valence-electron chi connectivity index (χ4n) is 3.32. The number of nitrogens with one attached hydrogen (secondary N) is 1. The number of anilines is 2. The summed E-state index contributed by atoms with van der Waals surface area (Å²) in [4.78, 5) is 2.19. The van der Waals surface area contributed by atoms with Crippen LogP contribution < -0.4 is 10.2 Å². The van der Waals surface area contributed by atoms with Gasteiger partial charge in [0, 0.05) is 30.5 Å². The standard InChI is InChI=1S/C18H30N2O/c1-4-20(13-14-21)16-10-8-15(9-11-16)19-17-7-5-6-12-18(17,2)3/h8-11,17,19,21H,4-7,12-14H2,1-3H3. The molecule has 2 rings (SSSR count). The van der Waals surface area contributed by atoms with E-state index in [9.17, 15) is 0 Å². The lowest BCUT2D eigenvalue weighted by molar-refractivity contribution is 0.217. The molecule has 0 amide bonds. The molecule has 1 aliphatic carbocycles. The third-order valence-electron chi connectivity index (χ3n) is 4.83. The summed E-state index contributed by atoms with van der Waals surface area (Å²) >= 11 is 0. The molecule has 2 N–H and O–H groups in total. The van der Waals surface area contributed by atoms with E-state index < -0.39 is 0 Å². The van der Waals surface area contributed by atoms with Crippen LogP contribution in [0.1, 0.15) is 46.5 Å². The topological polar surface area (TPSA) is 35.5 Å². The molecule has 118 valence electrons. The van der Waals surface area contributed by atoms with Gasteiger partial charge in [0.15, 0.2) is 0 Å². The van der Waals surface area contributed by atoms with Gasteiger partial charge in [0.1, 0.15) is 0 Å². The van der Waals surface area contributed by atoms with Gasteiger partial charge in [-0.15, -0.1) is 0 Å². The monoisotopic (exact) mass is 290 g/mol. The maximum absolute atomic E-state index is 9.10. The van der Waals surface area contributed by atoms with Gasteiger partial charge in [0.2, 0.25) is 0 Å². The van der Waals surface area contributed by atoms with Crippen molar-refractivity contribution in [3.63, 3.8) is 0 Å². The normalized spacial score (nSPS) is 21.0. The average molecular weight is 290 g/mol. The van der Waals surface area contributed by atoms with Crippen molar-refractivity contribution in [1.29, 1.82) is 0 Å². The van der Waals surface area contributed by atoms with E-state index in [0.717, 1.165) is 6.54 Å². The zero-order valence-electron chi connectivity index (χ0n) is 13.7. The van der Waals surface area contributed by atoms with Crippen LogP contribution in [-0.4, -0.2) is 30.8 Å². The molecule has 0 heterocycles. The van der Waals surface area contributed by atoms with Crippen LogP contribution in [0.3, 0.4) is 0 Å². The summed E-state index contributed by atoms with van der Waals surface area (Å²) < 4.78 is 0. The molecule has 1 unspecified atom stereocenters. The van der Waals surface area contributed by atoms with Gasteiger partial charge in [0.25, 0.3) is 0 Å². The number of aliphatic hydroxyl groups is 1. The SMILES string of the molecule is CCN(CCO)c1ccc(NC2CCCCC2(C)C)cc1.